The van der Waals surface area contributed by atoms with Gasteiger partial charge >= 0.3 is 6.03 Å². The van der Waals surface area contributed by atoms with Gasteiger partial charge in [0, 0.05) is 30.6 Å². The van der Waals surface area contributed by atoms with Gasteiger partial charge < -0.3 is 10.2 Å². The van der Waals surface area contributed by atoms with Crippen LogP contribution >= 0.6 is 11.3 Å². The van der Waals surface area contributed by atoms with Crippen LogP contribution in [-0.4, -0.2) is 47.5 Å². The molecule has 8 heteroatoms. The number of rotatable bonds is 2. The van der Waals surface area contributed by atoms with Crippen molar-refractivity contribution in [2.24, 2.45) is 0 Å². The van der Waals surface area contributed by atoms with Gasteiger partial charge in [0.1, 0.15) is 11.4 Å². The predicted molar refractivity (Wildman–Crippen MR) is 97.7 cm³/mol. The number of anilines is 1. The number of piperidine rings is 1. The van der Waals surface area contributed by atoms with Crippen LogP contribution < -0.4 is 10.2 Å². The number of urea groups is 1. The third-order valence-electron chi connectivity index (χ3n) is 5.16. The molecule has 6 nitrogen and oxygen atoms in total. The van der Waals surface area contributed by atoms with E-state index in [9.17, 15) is 14.0 Å². The van der Waals surface area contributed by atoms with Crippen molar-refractivity contribution < 1.29 is 14.0 Å². The van der Waals surface area contributed by atoms with Crippen LogP contribution in [0.5, 0.6) is 0 Å². The summed E-state index contributed by atoms with van der Waals surface area (Å²) in [6.07, 6.45) is 1.12. The van der Waals surface area contributed by atoms with Crippen LogP contribution in [-0.2, 0) is 4.79 Å². The molecule has 0 unspecified atom stereocenters. The monoisotopic (exact) mass is 374 g/mol. The number of amides is 3. The van der Waals surface area contributed by atoms with Crippen molar-refractivity contribution in [3.8, 4) is 11.3 Å². The summed E-state index contributed by atoms with van der Waals surface area (Å²) >= 11 is 1.59. The number of carbonyl (C=O) groups excluding carboxylic acids is 2. The summed E-state index contributed by atoms with van der Waals surface area (Å²) in [6.45, 7) is 3.30. The molecule has 136 valence electrons. The minimum Gasteiger partial charge on any atom is -0.348 e. The van der Waals surface area contributed by atoms with E-state index in [0.29, 0.717) is 25.9 Å². The lowest BCUT2D eigenvalue weighted by molar-refractivity contribution is -0.131. The van der Waals surface area contributed by atoms with Gasteiger partial charge in [-0.05, 0) is 44.0 Å². The fraction of sp³-hybridized carbons (Fsp3) is 0.389. The molecule has 0 saturated carbocycles. The van der Waals surface area contributed by atoms with E-state index in [-0.39, 0.29) is 17.8 Å². The molecule has 4 rings (SSSR count). The number of benzene rings is 1. The van der Waals surface area contributed by atoms with Gasteiger partial charge in [-0.2, -0.15) is 0 Å². The fourth-order valence-corrected chi connectivity index (χ4v) is 4.55. The summed E-state index contributed by atoms with van der Waals surface area (Å²) in [7, 11) is 1.51. The van der Waals surface area contributed by atoms with Crippen molar-refractivity contribution >= 4 is 28.4 Å². The van der Waals surface area contributed by atoms with E-state index < -0.39 is 5.54 Å². The molecule has 0 bridgehead atoms. The number of nitrogens with one attached hydrogen (secondary N) is 1. The first-order chi connectivity index (χ1) is 12.4. The van der Waals surface area contributed by atoms with Crippen molar-refractivity contribution in [3.05, 3.63) is 35.0 Å². The highest BCUT2D eigenvalue weighted by Crippen LogP contribution is 2.36. The number of carbonyl (C=O) groups is 2. The maximum atomic E-state index is 13.1. The maximum absolute atomic E-state index is 13.1. The minimum absolute atomic E-state index is 0.149. The predicted octanol–water partition coefficient (Wildman–Crippen LogP) is 2.78. The molecular formula is C18H19FN4O2S. The van der Waals surface area contributed by atoms with Gasteiger partial charge in [0.2, 0.25) is 0 Å². The van der Waals surface area contributed by atoms with Gasteiger partial charge in [-0.25, -0.2) is 14.2 Å². The zero-order chi connectivity index (χ0) is 18.5. The molecule has 1 aromatic heterocycles. The maximum Gasteiger partial charge on any atom is 0.324 e. The third kappa shape index (κ3) is 2.65. The van der Waals surface area contributed by atoms with Crippen molar-refractivity contribution in [1.29, 1.82) is 0 Å². The molecule has 2 fully saturated rings. The SMILES string of the molecule is Cc1sc(N2CCC3(CC2)NC(=O)N(C)C3=O)nc1-c1ccc(F)cc1. The summed E-state index contributed by atoms with van der Waals surface area (Å²) in [6, 6.07) is 6.00. The largest absolute Gasteiger partial charge is 0.348 e. The molecule has 2 aliphatic rings. The van der Waals surface area contributed by atoms with E-state index in [2.05, 4.69) is 10.2 Å². The molecule has 0 radical (unpaired) electrons. The van der Waals surface area contributed by atoms with E-state index in [4.69, 9.17) is 4.98 Å². The zero-order valence-corrected chi connectivity index (χ0v) is 15.4. The molecular weight excluding hydrogens is 355 g/mol. The topological polar surface area (TPSA) is 65.5 Å². The van der Waals surface area contributed by atoms with E-state index in [1.807, 2.05) is 6.92 Å². The van der Waals surface area contributed by atoms with Gasteiger partial charge in [-0.3, -0.25) is 9.69 Å². The number of hydrogen-bond donors (Lipinski definition) is 1. The second-order valence-corrected chi connectivity index (χ2v) is 7.95. The quantitative estimate of drug-likeness (QED) is 0.821. The van der Waals surface area contributed by atoms with Crippen molar-refractivity contribution in [3.63, 3.8) is 0 Å². The van der Waals surface area contributed by atoms with Crippen LogP contribution in [0.15, 0.2) is 24.3 Å². The molecule has 2 saturated heterocycles. The molecule has 2 aliphatic heterocycles. The zero-order valence-electron chi connectivity index (χ0n) is 14.6. The second kappa shape index (κ2) is 6.05. The Morgan fingerprint density at radius 3 is 2.42 bits per heavy atom. The Bertz CT molecular complexity index is 872. The van der Waals surface area contributed by atoms with E-state index >= 15 is 0 Å². The first kappa shape index (κ1) is 17.0. The van der Waals surface area contributed by atoms with Gasteiger partial charge in [-0.15, -0.1) is 11.3 Å². The Kier molecular flexibility index (Phi) is 3.95. The van der Waals surface area contributed by atoms with Gasteiger partial charge in [0.05, 0.1) is 5.69 Å². The van der Waals surface area contributed by atoms with Crippen molar-refractivity contribution in [1.82, 2.24) is 15.2 Å². The molecule has 1 N–H and O–H groups in total. The summed E-state index contributed by atoms with van der Waals surface area (Å²) in [5, 5.41) is 3.74. The molecule has 2 aromatic rings. The van der Waals surface area contributed by atoms with E-state index in [1.54, 1.807) is 23.5 Å². The number of aryl methyl sites for hydroxylation is 1. The van der Waals surface area contributed by atoms with E-state index in [1.165, 1.54) is 19.2 Å². The average Bonchev–Trinajstić information content (AvgIpc) is 3.11. The van der Waals surface area contributed by atoms with Gasteiger partial charge in [0.25, 0.3) is 5.91 Å². The molecule has 0 atom stereocenters. The summed E-state index contributed by atoms with van der Waals surface area (Å²) in [4.78, 5) is 33.3. The Labute approximate surface area is 154 Å². The minimum atomic E-state index is -0.769. The lowest BCUT2D eigenvalue weighted by atomic mass is 9.88. The normalized spacial score (nSPS) is 19.3. The summed E-state index contributed by atoms with van der Waals surface area (Å²) < 4.78 is 13.1. The Balaban J connectivity index is 1.52. The van der Waals surface area contributed by atoms with Crippen LogP contribution in [0.4, 0.5) is 14.3 Å². The average molecular weight is 374 g/mol. The number of imide groups is 1. The number of thiazole rings is 1. The first-order valence-corrected chi connectivity index (χ1v) is 9.30. The molecule has 3 heterocycles. The number of aromatic nitrogens is 1. The number of hydrogen-bond acceptors (Lipinski definition) is 5. The number of halogens is 1. The highest BCUT2D eigenvalue weighted by molar-refractivity contribution is 7.16. The third-order valence-corrected chi connectivity index (χ3v) is 6.19. The van der Waals surface area contributed by atoms with E-state index in [0.717, 1.165) is 26.2 Å². The molecule has 26 heavy (non-hydrogen) atoms. The van der Waals surface area contributed by atoms with Crippen molar-refractivity contribution in [2.45, 2.75) is 25.3 Å². The lowest BCUT2D eigenvalue weighted by Gasteiger charge is -2.37. The molecule has 1 aromatic carbocycles. The molecule has 3 amide bonds. The summed E-state index contributed by atoms with van der Waals surface area (Å²) in [5.41, 5.74) is 0.976. The van der Waals surface area contributed by atoms with Crippen LogP contribution in [0.3, 0.4) is 0 Å². The second-order valence-electron chi connectivity index (χ2n) is 6.77. The van der Waals surface area contributed by atoms with Crippen LogP contribution in [0.1, 0.15) is 17.7 Å². The Morgan fingerprint density at radius 2 is 1.85 bits per heavy atom. The Hall–Kier alpha value is -2.48. The van der Waals surface area contributed by atoms with Gasteiger partial charge in [-0.1, -0.05) is 0 Å². The lowest BCUT2D eigenvalue weighted by Crippen LogP contribution is -2.54. The Morgan fingerprint density at radius 1 is 1.19 bits per heavy atom. The molecule has 0 aliphatic carbocycles. The molecule has 1 spiro atoms. The van der Waals surface area contributed by atoms with Crippen molar-refractivity contribution in [2.75, 3.05) is 25.0 Å². The number of likely N-dealkylation sites (N-methyl/N-ethyl adjacent to an activating group) is 1. The van der Waals surface area contributed by atoms with Crippen LogP contribution in [0, 0.1) is 12.7 Å². The highest BCUT2D eigenvalue weighted by Gasteiger charge is 2.51. The fourth-order valence-electron chi connectivity index (χ4n) is 3.57. The highest BCUT2D eigenvalue weighted by atomic mass is 32.1. The first-order valence-electron chi connectivity index (χ1n) is 8.48. The smallest absolute Gasteiger partial charge is 0.324 e. The van der Waals surface area contributed by atoms with Gasteiger partial charge in [0.15, 0.2) is 5.13 Å². The summed E-state index contributed by atoms with van der Waals surface area (Å²) in [5.74, 6) is -0.416. The van der Waals surface area contributed by atoms with Crippen LogP contribution in [0.2, 0.25) is 0 Å². The standard InChI is InChI=1S/C18H19FN4O2S/c1-11-14(12-3-5-13(19)6-4-12)20-17(26-11)23-9-7-18(8-10-23)15(24)22(2)16(25)21-18/h3-6H,7-10H2,1-2H3,(H,21,25). The number of nitrogens with zero attached hydrogens (tertiary/aromatic N) is 3. The van der Waals surface area contributed by atoms with Crippen LogP contribution in [0.25, 0.3) is 11.3 Å².